The van der Waals surface area contributed by atoms with Crippen LogP contribution in [0.4, 0.5) is 0 Å². The first-order valence-corrected chi connectivity index (χ1v) is 9.37. The normalized spacial score (nSPS) is 19.7. The molecule has 0 bridgehead atoms. The molecule has 4 nitrogen and oxygen atoms in total. The first kappa shape index (κ1) is 23.2. The molecule has 0 unspecified atom stereocenters. The van der Waals surface area contributed by atoms with Crippen LogP contribution in [0, 0.1) is 5.92 Å². The van der Waals surface area contributed by atoms with Crippen LogP contribution < -0.4 is 5.73 Å². The van der Waals surface area contributed by atoms with Gasteiger partial charge in [-0.25, -0.2) is 0 Å². The maximum Gasteiger partial charge on any atom is 0.242 e. The average Bonchev–Trinajstić information content (AvgIpc) is 3.04. The Morgan fingerprint density at radius 2 is 1.73 bits per heavy atom. The van der Waals surface area contributed by atoms with Crippen LogP contribution in [0.3, 0.4) is 0 Å². The highest BCUT2D eigenvalue weighted by Gasteiger charge is 2.40. The molecular formula is C20H33Cl2N3O. The number of nitrogens with two attached hydrogens (primary N) is 1. The first-order chi connectivity index (χ1) is 11.6. The van der Waals surface area contributed by atoms with Crippen LogP contribution in [0.2, 0.25) is 0 Å². The summed E-state index contributed by atoms with van der Waals surface area (Å²) in [6.07, 6.45) is 6.13. The van der Waals surface area contributed by atoms with Crippen molar-refractivity contribution in [3.63, 3.8) is 0 Å². The molecule has 1 aromatic carbocycles. The average molecular weight is 402 g/mol. The minimum Gasteiger partial charge on any atom is -0.341 e. The maximum absolute atomic E-state index is 12.7. The summed E-state index contributed by atoms with van der Waals surface area (Å²) in [7, 11) is 2.19. The molecule has 0 atom stereocenters. The number of carbonyl (C=O) groups is 1. The molecule has 26 heavy (non-hydrogen) atoms. The predicted molar refractivity (Wildman–Crippen MR) is 112 cm³/mol. The van der Waals surface area contributed by atoms with Crippen molar-refractivity contribution in [2.24, 2.45) is 11.7 Å². The Labute approximate surface area is 170 Å². The molecule has 148 valence electrons. The van der Waals surface area contributed by atoms with Crippen molar-refractivity contribution >= 4 is 30.7 Å². The number of benzene rings is 1. The van der Waals surface area contributed by atoms with Gasteiger partial charge in [0.15, 0.2) is 0 Å². The molecule has 0 aromatic heterocycles. The summed E-state index contributed by atoms with van der Waals surface area (Å²) in [5.41, 5.74) is 7.14. The maximum atomic E-state index is 12.7. The number of hydrogen-bond acceptors (Lipinski definition) is 3. The molecule has 1 saturated heterocycles. The van der Waals surface area contributed by atoms with E-state index in [0.717, 1.165) is 64.7 Å². The first-order valence-electron chi connectivity index (χ1n) is 9.37. The number of carbonyl (C=O) groups excluding carboxylic acids is 1. The summed E-state index contributed by atoms with van der Waals surface area (Å²) >= 11 is 0. The number of halogens is 2. The molecular weight excluding hydrogens is 369 g/mol. The van der Waals surface area contributed by atoms with E-state index in [-0.39, 0.29) is 30.7 Å². The summed E-state index contributed by atoms with van der Waals surface area (Å²) in [5, 5.41) is 0. The summed E-state index contributed by atoms with van der Waals surface area (Å²) in [5.74, 6) is 0.885. The third-order valence-electron chi connectivity index (χ3n) is 5.69. The van der Waals surface area contributed by atoms with E-state index < -0.39 is 5.54 Å². The zero-order chi connectivity index (χ0) is 17.0. The summed E-state index contributed by atoms with van der Waals surface area (Å²) in [6.45, 7) is 3.85. The molecule has 1 aliphatic carbocycles. The zero-order valence-corrected chi connectivity index (χ0v) is 17.4. The molecule has 3 rings (SSSR count). The third-order valence-corrected chi connectivity index (χ3v) is 5.69. The van der Waals surface area contributed by atoms with Crippen LogP contribution in [0.5, 0.6) is 0 Å². The summed E-state index contributed by atoms with van der Waals surface area (Å²) < 4.78 is 0. The van der Waals surface area contributed by atoms with Gasteiger partial charge in [0.2, 0.25) is 5.91 Å². The number of piperidine rings is 1. The van der Waals surface area contributed by atoms with Crippen molar-refractivity contribution in [3.05, 3.63) is 35.9 Å². The minimum atomic E-state index is -0.559. The molecule has 0 spiro atoms. The van der Waals surface area contributed by atoms with Gasteiger partial charge in [-0.1, -0.05) is 43.2 Å². The van der Waals surface area contributed by atoms with Crippen molar-refractivity contribution in [1.29, 1.82) is 0 Å². The number of amides is 1. The highest BCUT2D eigenvalue weighted by molar-refractivity contribution is 5.86. The van der Waals surface area contributed by atoms with Crippen LogP contribution in [0.15, 0.2) is 30.3 Å². The second-order valence-corrected chi connectivity index (χ2v) is 7.78. The van der Waals surface area contributed by atoms with Crippen molar-refractivity contribution in [1.82, 2.24) is 9.80 Å². The van der Waals surface area contributed by atoms with Crippen molar-refractivity contribution in [3.8, 4) is 0 Å². The number of likely N-dealkylation sites (tertiary alicyclic amines) is 1. The van der Waals surface area contributed by atoms with Crippen LogP contribution in [-0.2, 0) is 11.3 Å². The fourth-order valence-corrected chi connectivity index (χ4v) is 4.25. The summed E-state index contributed by atoms with van der Waals surface area (Å²) in [6, 6.07) is 10.6. The van der Waals surface area contributed by atoms with Gasteiger partial charge in [0.25, 0.3) is 0 Å². The van der Waals surface area contributed by atoms with Gasteiger partial charge in [-0.2, -0.15) is 0 Å². The molecule has 1 amide bonds. The van der Waals surface area contributed by atoms with Gasteiger partial charge < -0.3 is 15.5 Å². The Kier molecular flexibility index (Phi) is 9.39. The lowest BCUT2D eigenvalue weighted by Crippen LogP contribution is -2.55. The summed E-state index contributed by atoms with van der Waals surface area (Å²) in [4.78, 5) is 17.1. The Hall–Kier alpha value is -0.810. The molecule has 1 saturated carbocycles. The quantitative estimate of drug-likeness (QED) is 0.821. The van der Waals surface area contributed by atoms with Crippen molar-refractivity contribution < 1.29 is 4.79 Å². The van der Waals surface area contributed by atoms with E-state index >= 15 is 0 Å². The Morgan fingerprint density at radius 3 is 2.31 bits per heavy atom. The zero-order valence-electron chi connectivity index (χ0n) is 15.7. The fourth-order valence-electron chi connectivity index (χ4n) is 4.25. The molecule has 1 heterocycles. The second kappa shape index (κ2) is 10.5. The van der Waals surface area contributed by atoms with Crippen LogP contribution >= 0.6 is 24.8 Å². The lowest BCUT2D eigenvalue weighted by Gasteiger charge is -2.37. The van der Waals surface area contributed by atoms with E-state index in [1.54, 1.807) is 0 Å². The minimum absolute atomic E-state index is 0. The van der Waals surface area contributed by atoms with E-state index in [0.29, 0.717) is 5.92 Å². The third kappa shape index (κ3) is 5.85. The number of hydrogen-bond donors (Lipinski definition) is 1. The Bertz CT molecular complexity index is 541. The van der Waals surface area contributed by atoms with E-state index in [2.05, 4.69) is 42.3 Å². The second-order valence-electron chi connectivity index (χ2n) is 7.78. The fraction of sp³-hybridized carbons (Fsp3) is 0.650. The van der Waals surface area contributed by atoms with E-state index in [4.69, 9.17) is 5.73 Å². The van der Waals surface area contributed by atoms with Gasteiger partial charge in [0.1, 0.15) is 0 Å². The standard InChI is InChI=1S/C20H31N3O.2ClH/c1-22(15-17-7-3-2-4-8-17)16-18-9-13-23(14-10-18)19(24)20(21)11-5-6-12-20;;/h2-4,7-8,18H,5-6,9-16,21H2,1H3;2*1H. The molecule has 2 aliphatic rings. The van der Waals surface area contributed by atoms with Crippen molar-refractivity contribution in [2.45, 2.75) is 50.6 Å². The molecule has 6 heteroatoms. The van der Waals surface area contributed by atoms with Gasteiger partial charge in [0, 0.05) is 26.2 Å². The van der Waals surface area contributed by atoms with E-state index in [9.17, 15) is 4.79 Å². The largest absolute Gasteiger partial charge is 0.341 e. The smallest absolute Gasteiger partial charge is 0.242 e. The van der Waals surface area contributed by atoms with Gasteiger partial charge in [0.05, 0.1) is 5.54 Å². The number of rotatable bonds is 5. The topological polar surface area (TPSA) is 49.6 Å². The van der Waals surface area contributed by atoms with Crippen LogP contribution in [0.25, 0.3) is 0 Å². The van der Waals surface area contributed by atoms with Crippen LogP contribution in [0.1, 0.15) is 44.1 Å². The van der Waals surface area contributed by atoms with E-state index in [1.807, 2.05) is 4.90 Å². The lowest BCUT2D eigenvalue weighted by atomic mass is 9.92. The van der Waals surface area contributed by atoms with Gasteiger partial charge in [-0.05, 0) is 44.2 Å². The Balaban J connectivity index is 0.00000169. The van der Waals surface area contributed by atoms with Crippen LogP contribution in [-0.4, -0.2) is 47.9 Å². The molecule has 1 aromatic rings. The Morgan fingerprint density at radius 1 is 1.15 bits per heavy atom. The molecule has 0 radical (unpaired) electrons. The highest BCUT2D eigenvalue weighted by atomic mass is 35.5. The molecule has 2 fully saturated rings. The van der Waals surface area contributed by atoms with Crippen molar-refractivity contribution in [2.75, 3.05) is 26.7 Å². The SMILES string of the molecule is CN(Cc1ccccc1)CC1CCN(C(=O)C2(N)CCCC2)CC1.Cl.Cl. The van der Waals surface area contributed by atoms with Gasteiger partial charge >= 0.3 is 0 Å². The van der Waals surface area contributed by atoms with Gasteiger partial charge in [-0.15, -0.1) is 24.8 Å². The molecule has 1 aliphatic heterocycles. The number of nitrogens with zero attached hydrogens (tertiary/aromatic N) is 2. The molecule has 2 N–H and O–H groups in total. The van der Waals surface area contributed by atoms with Gasteiger partial charge in [-0.3, -0.25) is 4.79 Å². The predicted octanol–water partition coefficient (Wildman–Crippen LogP) is 3.47. The lowest BCUT2D eigenvalue weighted by molar-refractivity contribution is -0.138. The van der Waals surface area contributed by atoms with E-state index in [1.165, 1.54) is 5.56 Å². The highest BCUT2D eigenvalue weighted by Crippen LogP contribution is 2.30. The monoisotopic (exact) mass is 401 g/mol.